The van der Waals surface area contributed by atoms with Gasteiger partial charge in [-0.1, -0.05) is 32.8 Å². The first-order valence-corrected chi connectivity index (χ1v) is 9.85. The number of guanidine groups is 1. The molecular formula is C20H35N5. The van der Waals surface area contributed by atoms with Crippen molar-refractivity contribution in [2.45, 2.75) is 66.0 Å². The highest BCUT2D eigenvalue weighted by Gasteiger charge is 2.11. The van der Waals surface area contributed by atoms with Gasteiger partial charge in [-0.05, 0) is 44.2 Å². The number of hydrogen-bond acceptors (Lipinski definition) is 3. The molecule has 25 heavy (non-hydrogen) atoms. The van der Waals surface area contributed by atoms with Gasteiger partial charge in [-0.15, -0.1) is 0 Å². The van der Waals surface area contributed by atoms with Gasteiger partial charge in [0.25, 0.3) is 0 Å². The lowest BCUT2D eigenvalue weighted by molar-refractivity contribution is 0.481. The van der Waals surface area contributed by atoms with Crippen molar-refractivity contribution in [3.05, 3.63) is 23.9 Å². The Balaban J connectivity index is 1.95. The minimum atomic E-state index is 0.390. The Bertz CT molecular complexity index is 515. The summed E-state index contributed by atoms with van der Waals surface area (Å²) < 4.78 is 0. The number of nitrogens with one attached hydrogen (secondary N) is 2. The van der Waals surface area contributed by atoms with Crippen LogP contribution in [-0.4, -0.2) is 36.6 Å². The summed E-state index contributed by atoms with van der Waals surface area (Å²) in [5.74, 6) is 2.55. The van der Waals surface area contributed by atoms with Crippen LogP contribution in [0.15, 0.2) is 23.3 Å². The number of aromatic nitrogens is 1. The van der Waals surface area contributed by atoms with Gasteiger partial charge in [0.1, 0.15) is 5.82 Å². The molecule has 5 heteroatoms. The van der Waals surface area contributed by atoms with E-state index in [2.05, 4.69) is 60.3 Å². The van der Waals surface area contributed by atoms with Crippen molar-refractivity contribution < 1.29 is 0 Å². The van der Waals surface area contributed by atoms with E-state index in [9.17, 15) is 0 Å². The van der Waals surface area contributed by atoms with Gasteiger partial charge in [0, 0.05) is 31.9 Å². The molecule has 0 aromatic carbocycles. The van der Waals surface area contributed by atoms with Crippen molar-refractivity contribution >= 4 is 11.8 Å². The molecule has 5 nitrogen and oxygen atoms in total. The fourth-order valence-corrected chi connectivity index (χ4v) is 2.87. The van der Waals surface area contributed by atoms with E-state index >= 15 is 0 Å². The Kier molecular flexibility index (Phi) is 8.02. The predicted octanol–water partition coefficient (Wildman–Crippen LogP) is 3.56. The number of hydrogen-bond donors (Lipinski definition) is 2. The van der Waals surface area contributed by atoms with Crippen LogP contribution < -0.4 is 15.5 Å². The summed E-state index contributed by atoms with van der Waals surface area (Å²) in [4.78, 5) is 11.8. The molecule has 0 saturated carbocycles. The van der Waals surface area contributed by atoms with Crippen LogP contribution in [0.25, 0.3) is 0 Å². The van der Waals surface area contributed by atoms with Crippen molar-refractivity contribution in [1.29, 1.82) is 0 Å². The average molecular weight is 346 g/mol. The highest BCUT2D eigenvalue weighted by atomic mass is 15.2. The summed E-state index contributed by atoms with van der Waals surface area (Å²) in [5.41, 5.74) is 1.15. The SMILES string of the molecule is CCNC(=NCc1ccc(N2CCCCCC2)nc1)NC(C)C(C)C. The van der Waals surface area contributed by atoms with Gasteiger partial charge in [0.15, 0.2) is 5.96 Å². The van der Waals surface area contributed by atoms with Crippen LogP contribution in [0.1, 0.15) is 58.9 Å². The van der Waals surface area contributed by atoms with Crippen molar-refractivity contribution in [3.8, 4) is 0 Å². The smallest absolute Gasteiger partial charge is 0.191 e. The number of nitrogens with zero attached hydrogens (tertiary/aromatic N) is 3. The third kappa shape index (κ3) is 6.56. The van der Waals surface area contributed by atoms with E-state index in [0.29, 0.717) is 18.5 Å². The van der Waals surface area contributed by atoms with Gasteiger partial charge in [-0.3, -0.25) is 0 Å². The lowest BCUT2D eigenvalue weighted by Crippen LogP contribution is -2.44. The second-order valence-electron chi connectivity index (χ2n) is 7.30. The largest absolute Gasteiger partial charge is 0.357 e. The van der Waals surface area contributed by atoms with Crippen LogP contribution >= 0.6 is 0 Å². The quantitative estimate of drug-likeness (QED) is 0.611. The highest BCUT2D eigenvalue weighted by molar-refractivity contribution is 5.80. The highest BCUT2D eigenvalue weighted by Crippen LogP contribution is 2.17. The molecule has 1 aliphatic heterocycles. The summed E-state index contributed by atoms with van der Waals surface area (Å²) in [7, 11) is 0. The standard InChI is InChI=1S/C20H35N5/c1-5-21-20(24-17(4)16(2)3)23-15-18-10-11-19(22-14-18)25-12-8-6-7-9-13-25/h10-11,14,16-17H,5-9,12-13,15H2,1-4H3,(H2,21,23,24). The Morgan fingerprint density at radius 3 is 2.44 bits per heavy atom. The molecule has 140 valence electrons. The number of rotatable bonds is 6. The third-order valence-electron chi connectivity index (χ3n) is 4.87. The first kappa shape index (κ1) is 19.5. The van der Waals surface area contributed by atoms with E-state index in [1.54, 1.807) is 0 Å². The van der Waals surface area contributed by atoms with Crippen molar-refractivity contribution in [1.82, 2.24) is 15.6 Å². The molecule has 1 fully saturated rings. The molecule has 1 unspecified atom stereocenters. The second kappa shape index (κ2) is 10.3. The molecule has 1 saturated heterocycles. The topological polar surface area (TPSA) is 52.6 Å². The van der Waals surface area contributed by atoms with E-state index in [0.717, 1.165) is 37.0 Å². The lowest BCUT2D eigenvalue weighted by atomic mass is 10.1. The van der Waals surface area contributed by atoms with Crippen LogP contribution in [0.5, 0.6) is 0 Å². The van der Waals surface area contributed by atoms with E-state index in [1.165, 1.54) is 25.7 Å². The molecule has 1 atom stereocenters. The first-order chi connectivity index (χ1) is 12.1. The fourth-order valence-electron chi connectivity index (χ4n) is 2.87. The predicted molar refractivity (Wildman–Crippen MR) is 107 cm³/mol. The van der Waals surface area contributed by atoms with Crippen LogP contribution in [0.2, 0.25) is 0 Å². The zero-order valence-electron chi connectivity index (χ0n) is 16.4. The summed E-state index contributed by atoms with van der Waals surface area (Å²) in [5, 5.41) is 6.79. The zero-order valence-corrected chi connectivity index (χ0v) is 16.4. The maximum Gasteiger partial charge on any atom is 0.191 e. The van der Waals surface area contributed by atoms with Crippen molar-refractivity contribution in [3.63, 3.8) is 0 Å². The van der Waals surface area contributed by atoms with E-state index < -0.39 is 0 Å². The van der Waals surface area contributed by atoms with Crippen LogP contribution in [0, 0.1) is 5.92 Å². The molecule has 1 aromatic rings. The number of aliphatic imine (C=N–C) groups is 1. The maximum atomic E-state index is 4.70. The Hall–Kier alpha value is -1.78. The molecule has 1 aromatic heterocycles. The van der Waals surface area contributed by atoms with Gasteiger partial charge in [0.2, 0.25) is 0 Å². The van der Waals surface area contributed by atoms with Gasteiger partial charge < -0.3 is 15.5 Å². The number of pyridine rings is 1. The van der Waals surface area contributed by atoms with Gasteiger partial charge in [-0.2, -0.15) is 0 Å². The molecule has 1 aliphatic rings. The van der Waals surface area contributed by atoms with Crippen LogP contribution in [0.4, 0.5) is 5.82 Å². The maximum absolute atomic E-state index is 4.70. The van der Waals surface area contributed by atoms with E-state index in [1.807, 2.05) is 6.20 Å². The molecule has 2 rings (SSSR count). The summed E-state index contributed by atoms with van der Waals surface area (Å²) in [6.45, 7) is 12.5. The molecule has 0 bridgehead atoms. The molecule has 2 N–H and O–H groups in total. The Labute approximate surface area is 153 Å². The summed E-state index contributed by atoms with van der Waals surface area (Å²) in [6.07, 6.45) is 7.22. The van der Waals surface area contributed by atoms with Crippen molar-refractivity contribution in [2.24, 2.45) is 10.9 Å². The van der Waals surface area contributed by atoms with E-state index in [4.69, 9.17) is 4.99 Å². The summed E-state index contributed by atoms with van der Waals surface area (Å²) >= 11 is 0. The van der Waals surface area contributed by atoms with Gasteiger partial charge in [0.05, 0.1) is 6.54 Å². The minimum Gasteiger partial charge on any atom is -0.357 e. The first-order valence-electron chi connectivity index (χ1n) is 9.85. The molecule has 0 radical (unpaired) electrons. The second-order valence-corrected chi connectivity index (χ2v) is 7.30. The van der Waals surface area contributed by atoms with Crippen LogP contribution in [0.3, 0.4) is 0 Å². The Morgan fingerprint density at radius 1 is 1.16 bits per heavy atom. The molecule has 0 amide bonds. The van der Waals surface area contributed by atoms with Gasteiger partial charge in [-0.25, -0.2) is 9.98 Å². The van der Waals surface area contributed by atoms with Crippen molar-refractivity contribution in [2.75, 3.05) is 24.5 Å². The number of anilines is 1. The minimum absolute atomic E-state index is 0.390. The fraction of sp³-hybridized carbons (Fsp3) is 0.700. The van der Waals surface area contributed by atoms with Gasteiger partial charge >= 0.3 is 0 Å². The third-order valence-corrected chi connectivity index (χ3v) is 4.87. The Morgan fingerprint density at radius 2 is 1.88 bits per heavy atom. The summed E-state index contributed by atoms with van der Waals surface area (Å²) in [6, 6.07) is 4.70. The monoisotopic (exact) mass is 345 g/mol. The van der Waals surface area contributed by atoms with E-state index in [-0.39, 0.29) is 0 Å². The zero-order chi connectivity index (χ0) is 18.1. The lowest BCUT2D eigenvalue weighted by Gasteiger charge is -2.21. The molecular weight excluding hydrogens is 310 g/mol. The molecule has 2 heterocycles. The van der Waals surface area contributed by atoms with Crippen LogP contribution in [-0.2, 0) is 6.54 Å². The molecule has 0 spiro atoms. The average Bonchev–Trinajstić information content (AvgIpc) is 2.89. The normalized spacial score (nSPS) is 17.3. The molecule has 0 aliphatic carbocycles.